The van der Waals surface area contributed by atoms with E-state index >= 15 is 0 Å². The average molecular weight is 168 g/mol. The van der Waals surface area contributed by atoms with E-state index in [1.807, 2.05) is 0 Å². The van der Waals surface area contributed by atoms with E-state index in [4.69, 9.17) is 9.84 Å². The lowest BCUT2D eigenvalue weighted by molar-refractivity contribution is 0.0249. The lowest BCUT2D eigenvalue weighted by Gasteiger charge is -2.09. The van der Waals surface area contributed by atoms with Crippen molar-refractivity contribution in [3.63, 3.8) is 0 Å². The fourth-order valence-corrected chi connectivity index (χ4v) is 0.886. The first-order chi connectivity index (χ1) is 4.43. The smallest absolute Gasteiger partial charge is 0.0929 e. The number of halogens is 1. The molecule has 1 heterocycles. The molecule has 1 atom stereocenters. The summed E-state index contributed by atoms with van der Waals surface area (Å²) >= 11 is 0. The van der Waals surface area contributed by atoms with Crippen molar-refractivity contribution in [1.82, 2.24) is 5.32 Å². The van der Waals surface area contributed by atoms with Crippen LogP contribution in [0.5, 0.6) is 0 Å². The van der Waals surface area contributed by atoms with E-state index in [1.165, 1.54) is 0 Å². The summed E-state index contributed by atoms with van der Waals surface area (Å²) in [6, 6.07) is 0. The quantitative estimate of drug-likeness (QED) is 0.568. The molecule has 0 aromatic heterocycles. The average Bonchev–Trinajstić information content (AvgIpc) is 2.13. The third-order valence-corrected chi connectivity index (χ3v) is 1.43. The van der Waals surface area contributed by atoms with E-state index in [2.05, 4.69) is 5.32 Å². The lowest BCUT2D eigenvalue weighted by atomic mass is 10.4. The van der Waals surface area contributed by atoms with Gasteiger partial charge >= 0.3 is 0 Å². The van der Waals surface area contributed by atoms with E-state index in [1.54, 1.807) is 0 Å². The molecule has 0 aromatic carbocycles. The molecule has 1 aliphatic heterocycles. The number of hydrogen-bond donors (Lipinski definition) is 2. The van der Waals surface area contributed by atoms with Crippen LogP contribution in [-0.2, 0) is 4.74 Å². The van der Waals surface area contributed by atoms with Crippen LogP contribution in [0.2, 0.25) is 0 Å². The minimum absolute atomic E-state index is 0. The largest absolute Gasteiger partial charge is 0.394 e. The van der Waals surface area contributed by atoms with E-state index in [0.29, 0.717) is 0 Å². The summed E-state index contributed by atoms with van der Waals surface area (Å²) in [6.07, 6.45) is 1.07. The van der Waals surface area contributed by atoms with Gasteiger partial charge in [-0.1, -0.05) is 0 Å². The Hall–Kier alpha value is 0.170. The molecule has 0 radical (unpaired) electrons. The summed E-state index contributed by atoms with van der Waals surface area (Å²) < 4.78 is 5.24. The molecule has 4 heteroatoms. The Morgan fingerprint density at radius 3 is 3.10 bits per heavy atom. The first-order valence-electron chi connectivity index (χ1n) is 3.36. The Kier molecular flexibility index (Phi) is 6.02. The highest BCUT2D eigenvalue weighted by Gasteiger charge is 2.09. The number of ether oxygens (including phenoxy) is 1. The molecule has 0 unspecified atom stereocenters. The van der Waals surface area contributed by atoms with Crippen molar-refractivity contribution in [3.05, 3.63) is 0 Å². The molecule has 10 heavy (non-hydrogen) atoms. The SMILES string of the molecule is Cl.OC[C@H]1CNCCCO1. The summed E-state index contributed by atoms with van der Waals surface area (Å²) in [7, 11) is 0. The molecule has 0 spiro atoms. The van der Waals surface area contributed by atoms with Crippen LogP contribution in [0.1, 0.15) is 6.42 Å². The van der Waals surface area contributed by atoms with Gasteiger partial charge in [-0.15, -0.1) is 12.4 Å². The summed E-state index contributed by atoms with van der Waals surface area (Å²) in [6.45, 7) is 2.71. The van der Waals surface area contributed by atoms with Crippen LogP contribution in [0.15, 0.2) is 0 Å². The van der Waals surface area contributed by atoms with Crippen molar-refractivity contribution in [3.8, 4) is 0 Å². The molecular formula is C6H14ClNO2. The molecule has 2 N–H and O–H groups in total. The highest BCUT2D eigenvalue weighted by molar-refractivity contribution is 5.85. The van der Waals surface area contributed by atoms with Gasteiger partial charge in [0.05, 0.1) is 12.7 Å². The van der Waals surface area contributed by atoms with Crippen molar-refractivity contribution >= 4 is 12.4 Å². The fourth-order valence-electron chi connectivity index (χ4n) is 0.886. The highest BCUT2D eigenvalue weighted by Crippen LogP contribution is 1.94. The van der Waals surface area contributed by atoms with Crippen LogP contribution in [0.25, 0.3) is 0 Å². The monoisotopic (exact) mass is 167 g/mol. The van der Waals surface area contributed by atoms with Gasteiger partial charge in [-0.25, -0.2) is 0 Å². The molecule has 0 bridgehead atoms. The van der Waals surface area contributed by atoms with Crippen LogP contribution >= 0.6 is 12.4 Å². The second-order valence-electron chi connectivity index (χ2n) is 2.23. The van der Waals surface area contributed by atoms with E-state index in [-0.39, 0.29) is 25.1 Å². The van der Waals surface area contributed by atoms with Gasteiger partial charge in [-0.05, 0) is 13.0 Å². The van der Waals surface area contributed by atoms with Crippen molar-refractivity contribution < 1.29 is 9.84 Å². The van der Waals surface area contributed by atoms with Crippen LogP contribution in [0, 0.1) is 0 Å². The van der Waals surface area contributed by atoms with Gasteiger partial charge in [0.2, 0.25) is 0 Å². The molecule has 1 rings (SSSR count). The van der Waals surface area contributed by atoms with Gasteiger partial charge < -0.3 is 15.2 Å². The molecule has 3 nitrogen and oxygen atoms in total. The molecular weight excluding hydrogens is 154 g/mol. The van der Waals surface area contributed by atoms with Gasteiger partial charge in [0.25, 0.3) is 0 Å². The molecule has 1 saturated heterocycles. The Bertz CT molecular complexity index is 74.1. The summed E-state index contributed by atoms with van der Waals surface area (Å²) in [5, 5.41) is 11.8. The van der Waals surface area contributed by atoms with Crippen LogP contribution in [0.3, 0.4) is 0 Å². The minimum Gasteiger partial charge on any atom is -0.394 e. The van der Waals surface area contributed by atoms with Gasteiger partial charge in [-0.2, -0.15) is 0 Å². The normalized spacial score (nSPS) is 26.7. The number of nitrogens with one attached hydrogen (secondary N) is 1. The Balaban J connectivity index is 0.000000810. The Morgan fingerprint density at radius 1 is 1.60 bits per heavy atom. The molecule has 1 aliphatic rings. The van der Waals surface area contributed by atoms with Gasteiger partial charge in [-0.3, -0.25) is 0 Å². The van der Waals surface area contributed by atoms with Gasteiger partial charge in [0.1, 0.15) is 0 Å². The van der Waals surface area contributed by atoms with Gasteiger partial charge in [0.15, 0.2) is 0 Å². The van der Waals surface area contributed by atoms with Crippen molar-refractivity contribution in [1.29, 1.82) is 0 Å². The molecule has 62 valence electrons. The van der Waals surface area contributed by atoms with Crippen LogP contribution in [-0.4, -0.2) is 37.5 Å². The maximum atomic E-state index is 8.65. The molecule has 0 aromatic rings. The zero-order chi connectivity index (χ0) is 6.53. The predicted molar refractivity (Wildman–Crippen MR) is 41.6 cm³/mol. The zero-order valence-corrected chi connectivity index (χ0v) is 6.69. The summed E-state index contributed by atoms with van der Waals surface area (Å²) in [4.78, 5) is 0. The third-order valence-electron chi connectivity index (χ3n) is 1.43. The molecule has 0 saturated carbocycles. The number of rotatable bonds is 1. The molecule has 0 amide bonds. The Labute approximate surface area is 67.2 Å². The topological polar surface area (TPSA) is 41.5 Å². The second kappa shape index (κ2) is 5.92. The predicted octanol–water partition coefficient (Wildman–Crippen LogP) is -0.221. The van der Waals surface area contributed by atoms with E-state index in [0.717, 1.165) is 26.1 Å². The molecule has 1 fully saturated rings. The first kappa shape index (κ1) is 10.2. The number of aliphatic hydroxyl groups excluding tert-OH is 1. The van der Waals surface area contributed by atoms with Crippen LogP contribution < -0.4 is 5.32 Å². The second-order valence-corrected chi connectivity index (χ2v) is 2.23. The summed E-state index contributed by atoms with van der Waals surface area (Å²) in [5.41, 5.74) is 0. The van der Waals surface area contributed by atoms with E-state index in [9.17, 15) is 0 Å². The first-order valence-corrected chi connectivity index (χ1v) is 3.36. The number of aliphatic hydroxyl groups is 1. The van der Waals surface area contributed by atoms with Gasteiger partial charge in [0, 0.05) is 13.2 Å². The zero-order valence-electron chi connectivity index (χ0n) is 5.88. The Morgan fingerprint density at radius 2 is 2.40 bits per heavy atom. The lowest BCUT2D eigenvalue weighted by Crippen LogP contribution is -2.28. The fraction of sp³-hybridized carbons (Fsp3) is 1.00. The van der Waals surface area contributed by atoms with Crippen LogP contribution in [0.4, 0.5) is 0 Å². The van der Waals surface area contributed by atoms with E-state index < -0.39 is 0 Å². The standard InChI is InChI=1S/C6H13NO2.ClH/c8-5-6-4-7-2-1-3-9-6;/h6-8H,1-5H2;1H/t6-;/m1./s1. The minimum atomic E-state index is 0. The van der Waals surface area contributed by atoms with Crippen molar-refractivity contribution in [2.24, 2.45) is 0 Å². The highest BCUT2D eigenvalue weighted by atomic mass is 35.5. The van der Waals surface area contributed by atoms with Crippen molar-refractivity contribution in [2.75, 3.05) is 26.3 Å². The maximum Gasteiger partial charge on any atom is 0.0929 e. The third kappa shape index (κ3) is 3.37. The molecule has 0 aliphatic carbocycles. The van der Waals surface area contributed by atoms with Crippen molar-refractivity contribution in [2.45, 2.75) is 12.5 Å². The maximum absolute atomic E-state index is 8.65. The number of hydrogen-bond acceptors (Lipinski definition) is 3. The summed E-state index contributed by atoms with van der Waals surface area (Å²) in [5.74, 6) is 0.